The summed E-state index contributed by atoms with van der Waals surface area (Å²) in [6.07, 6.45) is 3.90. The molecule has 2 aromatic heterocycles. The zero-order chi connectivity index (χ0) is 15.6. The van der Waals surface area contributed by atoms with Gasteiger partial charge in [-0.2, -0.15) is 0 Å². The fourth-order valence-electron chi connectivity index (χ4n) is 2.36. The number of furan rings is 1. The summed E-state index contributed by atoms with van der Waals surface area (Å²) < 4.78 is 7.04. The van der Waals surface area contributed by atoms with Crippen LogP contribution in [0.15, 0.2) is 65.1 Å². The molecule has 0 N–H and O–H groups in total. The van der Waals surface area contributed by atoms with Crippen molar-refractivity contribution in [1.29, 1.82) is 0 Å². The molecule has 112 valence electrons. The van der Waals surface area contributed by atoms with Crippen LogP contribution in [0.25, 0.3) is 33.7 Å². The highest BCUT2D eigenvalue weighted by atomic mass is 35.5. The molecule has 0 fully saturated rings. The Morgan fingerprint density at radius 2 is 1.74 bits per heavy atom. The SMILES string of the molecule is Clc1ccccc1-c1ccc(/C=C/c2nc3ccccc3s2)o1. The molecule has 2 aromatic carbocycles. The summed E-state index contributed by atoms with van der Waals surface area (Å²) in [6.45, 7) is 0. The van der Waals surface area contributed by atoms with E-state index in [1.165, 1.54) is 4.70 Å². The maximum Gasteiger partial charge on any atom is 0.136 e. The van der Waals surface area contributed by atoms with Crippen molar-refractivity contribution in [3.63, 3.8) is 0 Å². The van der Waals surface area contributed by atoms with E-state index in [0.29, 0.717) is 5.02 Å². The fraction of sp³-hybridized carbons (Fsp3) is 0. The maximum absolute atomic E-state index is 6.20. The Morgan fingerprint density at radius 1 is 0.913 bits per heavy atom. The minimum Gasteiger partial charge on any atom is -0.457 e. The van der Waals surface area contributed by atoms with Gasteiger partial charge in [0.1, 0.15) is 16.5 Å². The molecule has 0 aliphatic rings. The van der Waals surface area contributed by atoms with Gasteiger partial charge in [0, 0.05) is 5.56 Å². The summed E-state index contributed by atoms with van der Waals surface area (Å²) in [4.78, 5) is 4.58. The fourth-order valence-corrected chi connectivity index (χ4v) is 3.46. The highest BCUT2D eigenvalue weighted by molar-refractivity contribution is 7.19. The summed E-state index contributed by atoms with van der Waals surface area (Å²) in [5, 5.41) is 1.64. The van der Waals surface area contributed by atoms with Crippen LogP contribution >= 0.6 is 22.9 Å². The smallest absolute Gasteiger partial charge is 0.136 e. The predicted octanol–water partition coefficient (Wildman–Crippen LogP) is 6.38. The third kappa shape index (κ3) is 2.93. The molecular weight excluding hydrogens is 326 g/mol. The van der Waals surface area contributed by atoms with E-state index in [1.54, 1.807) is 11.3 Å². The quantitative estimate of drug-likeness (QED) is 0.433. The first-order chi connectivity index (χ1) is 11.3. The van der Waals surface area contributed by atoms with Gasteiger partial charge < -0.3 is 4.42 Å². The lowest BCUT2D eigenvalue weighted by Gasteiger charge is -1.98. The van der Waals surface area contributed by atoms with Gasteiger partial charge in [-0.25, -0.2) is 4.98 Å². The van der Waals surface area contributed by atoms with E-state index >= 15 is 0 Å². The van der Waals surface area contributed by atoms with E-state index in [0.717, 1.165) is 27.6 Å². The molecule has 0 aliphatic carbocycles. The Balaban J connectivity index is 1.61. The molecule has 4 aromatic rings. The van der Waals surface area contributed by atoms with Gasteiger partial charge in [-0.1, -0.05) is 35.9 Å². The van der Waals surface area contributed by atoms with Gasteiger partial charge in [0.05, 0.1) is 15.2 Å². The van der Waals surface area contributed by atoms with Crippen molar-refractivity contribution in [2.75, 3.05) is 0 Å². The van der Waals surface area contributed by atoms with E-state index in [2.05, 4.69) is 11.1 Å². The number of halogens is 1. The molecule has 4 heteroatoms. The van der Waals surface area contributed by atoms with Gasteiger partial charge in [-0.3, -0.25) is 0 Å². The summed E-state index contributed by atoms with van der Waals surface area (Å²) in [5.74, 6) is 1.54. The van der Waals surface area contributed by atoms with Gasteiger partial charge in [0.25, 0.3) is 0 Å². The second-order valence-electron chi connectivity index (χ2n) is 5.04. The minimum atomic E-state index is 0.684. The van der Waals surface area contributed by atoms with Gasteiger partial charge in [-0.05, 0) is 48.6 Å². The van der Waals surface area contributed by atoms with Crippen molar-refractivity contribution in [3.05, 3.63) is 76.5 Å². The number of nitrogens with zero attached hydrogens (tertiary/aromatic N) is 1. The van der Waals surface area contributed by atoms with Gasteiger partial charge in [0.2, 0.25) is 0 Å². The van der Waals surface area contributed by atoms with Crippen LogP contribution in [-0.2, 0) is 0 Å². The Labute approximate surface area is 142 Å². The number of hydrogen-bond donors (Lipinski definition) is 0. The molecule has 0 spiro atoms. The van der Waals surface area contributed by atoms with Crippen LogP contribution in [0.5, 0.6) is 0 Å². The first-order valence-electron chi connectivity index (χ1n) is 7.18. The molecule has 0 atom stereocenters. The number of aromatic nitrogens is 1. The van der Waals surface area contributed by atoms with E-state index in [9.17, 15) is 0 Å². The lowest BCUT2D eigenvalue weighted by atomic mass is 10.2. The lowest BCUT2D eigenvalue weighted by molar-refractivity contribution is 0.572. The van der Waals surface area contributed by atoms with Gasteiger partial charge >= 0.3 is 0 Å². The van der Waals surface area contributed by atoms with Crippen LogP contribution in [0.3, 0.4) is 0 Å². The monoisotopic (exact) mass is 337 g/mol. The first-order valence-corrected chi connectivity index (χ1v) is 8.37. The number of rotatable bonds is 3. The summed E-state index contributed by atoms with van der Waals surface area (Å²) in [6, 6.07) is 19.6. The van der Waals surface area contributed by atoms with Crippen LogP contribution in [0.2, 0.25) is 5.02 Å². The van der Waals surface area contributed by atoms with Crippen molar-refractivity contribution in [3.8, 4) is 11.3 Å². The first kappa shape index (κ1) is 14.2. The van der Waals surface area contributed by atoms with Crippen molar-refractivity contribution in [1.82, 2.24) is 4.98 Å². The summed E-state index contributed by atoms with van der Waals surface area (Å²) in [7, 11) is 0. The molecule has 0 saturated carbocycles. The average molecular weight is 338 g/mol. The van der Waals surface area contributed by atoms with Crippen molar-refractivity contribution in [2.45, 2.75) is 0 Å². The highest BCUT2D eigenvalue weighted by Gasteiger charge is 2.07. The van der Waals surface area contributed by atoms with E-state index in [4.69, 9.17) is 16.0 Å². The number of benzene rings is 2. The Morgan fingerprint density at radius 3 is 2.61 bits per heavy atom. The predicted molar refractivity (Wildman–Crippen MR) is 97.7 cm³/mol. The Hall–Kier alpha value is -2.36. The molecule has 2 nitrogen and oxygen atoms in total. The van der Waals surface area contributed by atoms with E-state index in [1.807, 2.05) is 66.7 Å². The third-order valence-corrected chi connectivity index (χ3v) is 4.80. The number of hydrogen-bond acceptors (Lipinski definition) is 3. The minimum absolute atomic E-state index is 0.684. The normalized spacial score (nSPS) is 11.5. The second-order valence-corrected chi connectivity index (χ2v) is 6.50. The van der Waals surface area contributed by atoms with Crippen LogP contribution in [-0.4, -0.2) is 4.98 Å². The van der Waals surface area contributed by atoms with Gasteiger partial charge in [-0.15, -0.1) is 11.3 Å². The van der Waals surface area contributed by atoms with Crippen LogP contribution in [0, 0.1) is 0 Å². The molecule has 0 amide bonds. The number of thiazole rings is 1. The molecule has 23 heavy (non-hydrogen) atoms. The molecule has 2 heterocycles. The second kappa shape index (κ2) is 6.03. The van der Waals surface area contributed by atoms with Crippen LogP contribution < -0.4 is 0 Å². The number of para-hydroxylation sites is 1. The Bertz CT molecular complexity index is 966. The molecule has 0 bridgehead atoms. The molecule has 0 aliphatic heterocycles. The molecule has 0 radical (unpaired) electrons. The zero-order valence-corrected chi connectivity index (χ0v) is 13.6. The topological polar surface area (TPSA) is 26.0 Å². The average Bonchev–Trinajstić information content (AvgIpc) is 3.19. The van der Waals surface area contributed by atoms with Crippen LogP contribution in [0.4, 0.5) is 0 Å². The molecular formula is C19H12ClNOS. The lowest BCUT2D eigenvalue weighted by Crippen LogP contribution is -1.74. The standard InChI is InChI=1S/C19H12ClNOS/c20-15-6-2-1-5-14(15)17-11-9-13(22-17)10-12-19-21-16-7-3-4-8-18(16)23-19/h1-12H/b12-10+. The van der Waals surface area contributed by atoms with Crippen molar-refractivity contribution >= 4 is 45.3 Å². The highest BCUT2D eigenvalue weighted by Crippen LogP contribution is 2.30. The number of fused-ring (bicyclic) bond motifs is 1. The third-order valence-electron chi connectivity index (χ3n) is 3.47. The van der Waals surface area contributed by atoms with Crippen molar-refractivity contribution in [2.24, 2.45) is 0 Å². The maximum atomic E-state index is 6.20. The molecule has 0 unspecified atom stereocenters. The largest absolute Gasteiger partial charge is 0.457 e. The van der Waals surface area contributed by atoms with E-state index < -0.39 is 0 Å². The molecule has 4 rings (SSSR count). The molecule has 0 saturated heterocycles. The summed E-state index contributed by atoms with van der Waals surface area (Å²) in [5.41, 5.74) is 1.92. The van der Waals surface area contributed by atoms with Gasteiger partial charge in [0.15, 0.2) is 0 Å². The zero-order valence-electron chi connectivity index (χ0n) is 12.1. The summed E-state index contributed by atoms with van der Waals surface area (Å²) >= 11 is 7.86. The van der Waals surface area contributed by atoms with Crippen molar-refractivity contribution < 1.29 is 4.42 Å². The Kier molecular flexibility index (Phi) is 3.74. The van der Waals surface area contributed by atoms with E-state index in [-0.39, 0.29) is 0 Å². The van der Waals surface area contributed by atoms with Crippen LogP contribution in [0.1, 0.15) is 10.8 Å².